The van der Waals surface area contributed by atoms with Gasteiger partial charge in [-0.05, 0) is 19.1 Å². The minimum absolute atomic E-state index is 0.122. The SMILES string of the molecule is Cc1nn(-c2ccccc2)c(Cl)c1/C=N/Nc1ncnc(N)c1[N+](=O)[O-]. The number of rotatable bonds is 5. The lowest BCUT2D eigenvalue weighted by Crippen LogP contribution is -2.04. The molecule has 0 amide bonds. The number of hydrogen-bond acceptors (Lipinski definition) is 8. The van der Waals surface area contributed by atoms with Gasteiger partial charge in [-0.2, -0.15) is 10.2 Å². The van der Waals surface area contributed by atoms with E-state index in [1.54, 1.807) is 11.6 Å². The Bertz CT molecular complexity index is 987. The van der Waals surface area contributed by atoms with Crippen molar-refractivity contribution in [2.75, 3.05) is 11.2 Å². The van der Waals surface area contributed by atoms with Gasteiger partial charge in [0.2, 0.25) is 11.6 Å². The van der Waals surface area contributed by atoms with Gasteiger partial charge in [0.15, 0.2) is 0 Å². The molecule has 0 bridgehead atoms. The Hall–Kier alpha value is -3.53. The van der Waals surface area contributed by atoms with Crippen molar-refractivity contribution in [1.29, 1.82) is 0 Å². The number of benzene rings is 1. The summed E-state index contributed by atoms with van der Waals surface area (Å²) in [7, 11) is 0. The maximum absolute atomic E-state index is 11.1. The summed E-state index contributed by atoms with van der Waals surface area (Å²) in [5, 5.41) is 19.8. The molecule has 11 heteroatoms. The fraction of sp³-hybridized carbons (Fsp3) is 0.0667. The van der Waals surface area contributed by atoms with Crippen LogP contribution in [0.25, 0.3) is 5.69 Å². The largest absolute Gasteiger partial charge is 0.378 e. The van der Waals surface area contributed by atoms with Crippen LogP contribution >= 0.6 is 11.6 Å². The van der Waals surface area contributed by atoms with Crippen molar-refractivity contribution >= 4 is 35.1 Å². The lowest BCUT2D eigenvalue weighted by Gasteiger charge is -2.02. The Morgan fingerprint density at radius 1 is 1.35 bits per heavy atom. The van der Waals surface area contributed by atoms with Crippen molar-refractivity contribution in [3.63, 3.8) is 0 Å². The summed E-state index contributed by atoms with van der Waals surface area (Å²) in [6.07, 6.45) is 2.51. The van der Waals surface area contributed by atoms with Crippen LogP contribution < -0.4 is 11.2 Å². The fourth-order valence-corrected chi connectivity index (χ4v) is 2.53. The number of halogens is 1. The van der Waals surface area contributed by atoms with Crippen molar-refractivity contribution in [2.45, 2.75) is 6.92 Å². The second kappa shape index (κ2) is 7.15. The van der Waals surface area contributed by atoms with Gasteiger partial charge in [-0.15, -0.1) is 0 Å². The molecule has 3 rings (SSSR count). The van der Waals surface area contributed by atoms with E-state index in [9.17, 15) is 10.1 Å². The average Bonchev–Trinajstić information content (AvgIpc) is 2.90. The number of nitrogens with zero attached hydrogens (tertiary/aromatic N) is 6. The number of anilines is 2. The Labute approximate surface area is 152 Å². The number of para-hydroxylation sites is 1. The van der Waals surface area contributed by atoms with Crippen molar-refractivity contribution in [1.82, 2.24) is 19.7 Å². The summed E-state index contributed by atoms with van der Waals surface area (Å²) in [6.45, 7) is 1.78. The highest BCUT2D eigenvalue weighted by Crippen LogP contribution is 2.26. The fourth-order valence-electron chi connectivity index (χ4n) is 2.21. The first-order chi connectivity index (χ1) is 12.5. The van der Waals surface area contributed by atoms with Crippen LogP contribution in [0.1, 0.15) is 11.3 Å². The van der Waals surface area contributed by atoms with Crippen molar-refractivity contribution < 1.29 is 4.92 Å². The Morgan fingerprint density at radius 2 is 2.08 bits per heavy atom. The smallest absolute Gasteiger partial charge is 0.354 e. The third-order valence-electron chi connectivity index (χ3n) is 3.45. The lowest BCUT2D eigenvalue weighted by atomic mass is 10.3. The highest BCUT2D eigenvalue weighted by molar-refractivity contribution is 6.32. The number of hydrazone groups is 1. The predicted octanol–water partition coefficient (Wildman–Crippen LogP) is 2.56. The Morgan fingerprint density at radius 3 is 2.77 bits per heavy atom. The maximum Gasteiger partial charge on any atom is 0.354 e. The Kier molecular flexibility index (Phi) is 4.76. The minimum Gasteiger partial charge on any atom is -0.378 e. The first kappa shape index (κ1) is 17.3. The Balaban J connectivity index is 1.88. The normalized spacial score (nSPS) is 11.0. The van der Waals surface area contributed by atoms with Gasteiger partial charge in [0, 0.05) is 0 Å². The van der Waals surface area contributed by atoms with Gasteiger partial charge in [0.25, 0.3) is 0 Å². The molecule has 132 valence electrons. The molecule has 0 aliphatic carbocycles. The summed E-state index contributed by atoms with van der Waals surface area (Å²) >= 11 is 6.38. The molecule has 0 unspecified atom stereocenters. The number of aromatic nitrogens is 4. The first-order valence-electron chi connectivity index (χ1n) is 7.33. The summed E-state index contributed by atoms with van der Waals surface area (Å²) < 4.78 is 1.57. The quantitative estimate of drug-likeness (QED) is 0.398. The molecule has 0 aliphatic heterocycles. The maximum atomic E-state index is 11.1. The highest BCUT2D eigenvalue weighted by atomic mass is 35.5. The van der Waals surface area contributed by atoms with Crippen LogP contribution in [0.4, 0.5) is 17.3 Å². The molecule has 0 aliphatic rings. The lowest BCUT2D eigenvalue weighted by molar-refractivity contribution is -0.383. The monoisotopic (exact) mass is 372 g/mol. The molecular weight excluding hydrogens is 360 g/mol. The zero-order chi connectivity index (χ0) is 18.7. The van der Waals surface area contributed by atoms with E-state index in [-0.39, 0.29) is 11.6 Å². The molecule has 3 N–H and O–H groups in total. The predicted molar refractivity (Wildman–Crippen MR) is 97.6 cm³/mol. The van der Waals surface area contributed by atoms with E-state index in [1.807, 2.05) is 30.3 Å². The van der Waals surface area contributed by atoms with Crippen molar-refractivity contribution in [3.8, 4) is 5.69 Å². The molecular formula is C15H13ClN8O2. The molecule has 10 nitrogen and oxygen atoms in total. The third-order valence-corrected chi connectivity index (χ3v) is 3.81. The summed E-state index contributed by atoms with van der Waals surface area (Å²) in [4.78, 5) is 17.8. The van der Waals surface area contributed by atoms with Gasteiger partial charge in [-0.25, -0.2) is 14.6 Å². The summed E-state index contributed by atoms with van der Waals surface area (Å²) in [6, 6.07) is 9.36. The number of nitrogens with one attached hydrogen (secondary N) is 1. The molecule has 0 spiro atoms. The zero-order valence-corrected chi connectivity index (χ0v) is 14.3. The van der Waals surface area contributed by atoms with Crippen LogP contribution in [0.5, 0.6) is 0 Å². The molecule has 2 aromatic heterocycles. The third kappa shape index (κ3) is 3.30. The average molecular weight is 373 g/mol. The summed E-state index contributed by atoms with van der Waals surface area (Å²) in [5.74, 6) is -0.378. The minimum atomic E-state index is -0.682. The molecule has 2 heterocycles. The molecule has 0 saturated heterocycles. The van der Waals surface area contributed by atoms with Crippen LogP contribution in [-0.2, 0) is 0 Å². The van der Waals surface area contributed by atoms with Crippen LogP contribution in [0.15, 0.2) is 41.8 Å². The van der Waals surface area contributed by atoms with Gasteiger partial charge >= 0.3 is 5.69 Å². The van der Waals surface area contributed by atoms with Crippen LogP contribution in [-0.4, -0.2) is 30.9 Å². The van der Waals surface area contributed by atoms with E-state index < -0.39 is 10.6 Å². The molecule has 0 fully saturated rings. The number of nitrogens with two attached hydrogens (primary N) is 1. The van der Waals surface area contributed by atoms with E-state index in [4.69, 9.17) is 17.3 Å². The van der Waals surface area contributed by atoms with Gasteiger partial charge in [0.05, 0.1) is 28.1 Å². The standard InChI is InChI=1S/C15H13ClN8O2/c1-9-11(13(16)23(22-9)10-5-3-2-4-6-10)7-20-21-15-12(24(25)26)14(17)18-8-19-15/h2-8H,1H3,(H3,17,18,19,21)/b20-7+. The van der Waals surface area contributed by atoms with E-state index in [2.05, 4.69) is 25.6 Å². The van der Waals surface area contributed by atoms with Gasteiger partial charge in [-0.1, -0.05) is 29.8 Å². The van der Waals surface area contributed by atoms with Crippen LogP contribution in [0.2, 0.25) is 5.15 Å². The molecule has 26 heavy (non-hydrogen) atoms. The molecule has 1 aromatic carbocycles. The topological polar surface area (TPSA) is 137 Å². The number of nitro groups is 1. The number of hydrogen-bond donors (Lipinski definition) is 2. The van der Waals surface area contributed by atoms with E-state index >= 15 is 0 Å². The molecule has 0 atom stereocenters. The molecule has 0 saturated carbocycles. The number of aryl methyl sites for hydroxylation is 1. The van der Waals surface area contributed by atoms with E-state index in [1.165, 1.54) is 6.21 Å². The van der Waals surface area contributed by atoms with E-state index in [0.29, 0.717) is 16.4 Å². The van der Waals surface area contributed by atoms with Crippen LogP contribution in [0, 0.1) is 17.0 Å². The second-order valence-corrected chi connectivity index (χ2v) is 5.48. The second-order valence-electron chi connectivity index (χ2n) is 5.12. The van der Waals surface area contributed by atoms with E-state index in [0.717, 1.165) is 12.0 Å². The zero-order valence-electron chi connectivity index (χ0n) is 13.5. The van der Waals surface area contributed by atoms with Crippen LogP contribution in [0.3, 0.4) is 0 Å². The summed E-state index contributed by atoms with van der Waals surface area (Å²) in [5.41, 5.74) is 9.54. The van der Waals surface area contributed by atoms with Crippen molar-refractivity contribution in [3.05, 3.63) is 63.2 Å². The van der Waals surface area contributed by atoms with Crippen molar-refractivity contribution in [2.24, 2.45) is 5.10 Å². The van der Waals surface area contributed by atoms with Gasteiger partial charge < -0.3 is 5.73 Å². The van der Waals surface area contributed by atoms with Gasteiger partial charge in [0.1, 0.15) is 11.5 Å². The molecule has 0 radical (unpaired) electrons. The first-order valence-corrected chi connectivity index (χ1v) is 7.71. The van der Waals surface area contributed by atoms with Gasteiger partial charge in [-0.3, -0.25) is 15.5 Å². The highest BCUT2D eigenvalue weighted by Gasteiger charge is 2.20. The molecule has 3 aromatic rings. The number of nitrogen functional groups attached to an aromatic ring is 1.